The van der Waals surface area contributed by atoms with Gasteiger partial charge < -0.3 is 0 Å². The number of benzene rings is 1. The monoisotopic (exact) mass is 270 g/mol. The summed E-state index contributed by atoms with van der Waals surface area (Å²) in [5.74, 6) is -0.265. The third-order valence-electron chi connectivity index (χ3n) is 3.11. The summed E-state index contributed by atoms with van der Waals surface area (Å²) in [7, 11) is 1.82. The summed E-state index contributed by atoms with van der Waals surface area (Å²) in [6, 6.07) is 9.81. The van der Waals surface area contributed by atoms with Crippen molar-refractivity contribution >= 4 is 23.2 Å². The van der Waals surface area contributed by atoms with E-state index in [1.807, 2.05) is 19.2 Å². The summed E-state index contributed by atoms with van der Waals surface area (Å²) in [6.45, 7) is 0. The normalized spacial score (nSPS) is 11.5. The van der Waals surface area contributed by atoms with Gasteiger partial charge in [-0.05, 0) is 29.8 Å². The van der Waals surface area contributed by atoms with Gasteiger partial charge in [0, 0.05) is 17.8 Å². The number of aromatic nitrogens is 3. The minimum absolute atomic E-state index is 0.265. The Morgan fingerprint density at radius 2 is 1.95 bits per heavy atom. The molecule has 0 fully saturated rings. The summed E-state index contributed by atoms with van der Waals surface area (Å²) in [6.07, 6.45) is 5.18. The van der Waals surface area contributed by atoms with Gasteiger partial charge in [-0.15, -0.1) is 0 Å². The molecule has 20 heavy (non-hydrogen) atoms. The van der Waals surface area contributed by atoms with Crippen LogP contribution in [0.3, 0.4) is 0 Å². The molecular weight excluding hydrogens is 257 g/mol. The summed E-state index contributed by atoms with van der Waals surface area (Å²) in [5.41, 5.74) is 2.97. The van der Waals surface area contributed by atoms with E-state index in [4.69, 9.17) is 0 Å². The van der Waals surface area contributed by atoms with Crippen molar-refractivity contribution in [2.75, 3.05) is 0 Å². The molecular formula is C15H13FN3O+. The molecule has 3 rings (SSSR count). The molecule has 0 amide bonds. The Kier molecular flexibility index (Phi) is 2.95. The maximum absolute atomic E-state index is 12.8. The summed E-state index contributed by atoms with van der Waals surface area (Å²) >= 11 is 0. The molecule has 0 aliphatic rings. The highest BCUT2D eigenvalue weighted by atomic mass is 19.1. The predicted molar refractivity (Wildman–Crippen MR) is 73.4 cm³/mol. The third kappa shape index (κ3) is 2.14. The fraction of sp³-hybridized carbons (Fsp3) is 0.0667. The van der Waals surface area contributed by atoms with Crippen LogP contribution in [0, 0.1) is 5.82 Å². The summed E-state index contributed by atoms with van der Waals surface area (Å²) in [5, 5.41) is 14.2. The van der Waals surface area contributed by atoms with Gasteiger partial charge in [0.2, 0.25) is 6.20 Å². The van der Waals surface area contributed by atoms with E-state index in [0.29, 0.717) is 11.2 Å². The van der Waals surface area contributed by atoms with E-state index in [-0.39, 0.29) is 5.82 Å². The fourth-order valence-electron chi connectivity index (χ4n) is 2.12. The predicted octanol–water partition coefficient (Wildman–Crippen LogP) is 2.41. The zero-order valence-corrected chi connectivity index (χ0v) is 10.9. The second-order valence-corrected chi connectivity index (χ2v) is 4.48. The van der Waals surface area contributed by atoms with Crippen molar-refractivity contribution in [3.05, 3.63) is 59.7 Å². The smallest absolute Gasteiger partial charge is 0.284 e. The number of hydrogen-bond donors (Lipinski definition) is 1. The molecule has 2 heterocycles. The van der Waals surface area contributed by atoms with Crippen LogP contribution in [0.1, 0.15) is 11.3 Å². The molecule has 5 heteroatoms. The first-order valence-electron chi connectivity index (χ1n) is 6.15. The lowest BCUT2D eigenvalue weighted by atomic mass is 10.2. The number of aryl methyl sites for hydroxylation is 1. The first kappa shape index (κ1) is 12.3. The van der Waals surface area contributed by atoms with Gasteiger partial charge in [0.1, 0.15) is 11.3 Å². The Morgan fingerprint density at radius 3 is 2.70 bits per heavy atom. The van der Waals surface area contributed by atoms with Crippen LogP contribution < -0.4 is 4.73 Å². The van der Waals surface area contributed by atoms with Crippen molar-refractivity contribution in [2.45, 2.75) is 0 Å². The standard InChI is InChI=1S/C15H13FN3O/c1-18-14-3-2-10-19(20)15(14)13(17-18)9-6-11-4-7-12(16)8-5-11/h2-10,20H,1H3/q+1/b9-6+. The van der Waals surface area contributed by atoms with Crippen LogP contribution in [0.5, 0.6) is 0 Å². The van der Waals surface area contributed by atoms with Crippen molar-refractivity contribution < 1.29 is 14.3 Å². The van der Waals surface area contributed by atoms with Gasteiger partial charge >= 0.3 is 5.52 Å². The molecule has 0 saturated heterocycles. The van der Waals surface area contributed by atoms with Gasteiger partial charge in [-0.1, -0.05) is 18.2 Å². The van der Waals surface area contributed by atoms with Gasteiger partial charge in [-0.3, -0.25) is 9.89 Å². The van der Waals surface area contributed by atoms with E-state index in [0.717, 1.165) is 15.8 Å². The van der Waals surface area contributed by atoms with Crippen molar-refractivity contribution in [2.24, 2.45) is 7.05 Å². The molecule has 3 aromatic rings. The Hall–Kier alpha value is -2.69. The number of rotatable bonds is 2. The lowest BCUT2D eigenvalue weighted by molar-refractivity contribution is -0.884. The van der Waals surface area contributed by atoms with Gasteiger partial charge in [0.15, 0.2) is 5.69 Å². The van der Waals surface area contributed by atoms with E-state index < -0.39 is 0 Å². The number of hydrogen-bond acceptors (Lipinski definition) is 2. The van der Waals surface area contributed by atoms with E-state index in [2.05, 4.69) is 5.10 Å². The van der Waals surface area contributed by atoms with Crippen molar-refractivity contribution in [3.63, 3.8) is 0 Å². The van der Waals surface area contributed by atoms with Crippen LogP contribution in [-0.2, 0) is 7.05 Å². The summed E-state index contributed by atoms with van der Waals surface area (Å²) < 4.78 is 15.6. The quantitative estimate of drug-likeness (QED) is 0.574. The summed E-state index contributed by atoms with van der Waals surface area (Å²) in [4.78, 5) is 0. The fourth-order valence-corrected chi connectivity index (χ4v) is 2.12. The minimum atomic E-state index is -0.265. The second kappa shape index (κ2) is 4.77. The Bertz CT molecular complexity index is 791. The van der Waals surface area contributed by atoms with Gasteiger partial charge in [0.25, 0.3) is 0 Å². The Morgan fingerprint density at radius 1 is 1.20 bits per heavy atom. The zero-order valence-electron chi connectivity index (χ0n) is 10.9. The van der Waals surface area contributed by atoms with Crippen molar-refractivity contribution in [3.8, 4) is 0 Å². The van der Waals surface area contributed by atoms with Crippen LogP contribution in [0.4, 0.5) is 4.39 Å². The van der Waals surface area contributed by atoms with E-state index in [1.165, 1.54) is 12.1 Å². The molecule has 0 saturated carbocycles. The number of fused-ring (bicyclic) bond motifs is 1. The second-order valence-electron chi connectivity index (χ2n) is 4.48. The average Bonchev–Trinajstić information content (AvgIpc) is 2.77. The minimum Gasteiger partial charge on any atom is -0.284 e. The molecule has 2 aromatic heterocycles. The molecule has 0 aliphatic carbocycles. The van der Waals surface area contributed by atoms with Gasteiger partial charge in [0.05, 0.1) is 0 Å². The highest BCUT2D eigenvalue weighted by Crippen LogP contribution is 2.16. The highest BCUT2D eigenvalue weighted by molar-refractivity contribution is 5.84. The molecule has 4 nitrogen and oxygen atoms in total. The highest BCUT2D eigenvalue weighted by Gasteiger charge is 2.17. The Balaban J connectivity index is 2.05. The molecule has 0 bridgehead atoms. The first-order valence-corrected chi connectivity index (χ1v) is 6.15. The van der Waals surface area contributed by atoms with Crippen LogP contribution in [-0.4, -0.2) is 15.0 Å². The largest absolute Gasteiger partial charge is 0.309 e. The van der Waals surface area contributed by atoms with Crippen molar-refractivity contribution in [1.82, 2.24) is 9.78 Å². The maximum Gasteiger partial charge on any atom is 0.309 e. The zero-order chi connectivity index (χ0) is 14.1. The number of nitrogens with zero attached hydrogens (tertiary/aromatic N) is 3. The van der Waals surface area contributed by atoms with Crippen LogP contribution >= 0.6 is 0 Å². The first-order chi connectivity index (χ1) is 9.65. The maximum atomic E-state index is 12.8. The molecule has 0 atom stereocenters. The number of halogens is 1. The molecule has 100 valence electrons. The number of pyridine rings is 1. The molecule has 0 radical (unpaired) electrons. The Labute approximate surface area is 115 Å². The van der Waals surface area contributed by atoms with E-state index in [9.17, 15) is 9.60 Å². The molecule has 1 N–H and O–H groups in total. The van der Waals surface area contributed by atoms with Crippen LogP contribution in [0.25, 0.3) is 23.2 Å². The SMILES string of the molecule is Cn1nc(/C=C/c2ccc(F)cc2)c2c1ccc[n+]2O. The van der Waals surface area contributed by atoms with Crippen molar-refractivity contribution in [1.29, 1.82) is 0 Å². The molecule has 0 aliphatic heterocycles. The third-order valence-corrected chi connectivity index (χ3v) is 3.11. The molecule has 1 aromatic carbocycles. The average molecular weight is 270 g/mol. The van der Waals surface area contributed by atoms with E-state index >= 15 is 0 Å². The molecule has 0 spiro atoms. The van der Waals surface area contributed by atoms with Crippen LogP contribution in [0.15, 0.2) is 42.6 Å². The topological polar surface area (TPSA) is 41.9 Å². The molecule has 0 unspecified atom stereocenters. The van der Waals surface area contributed by atoms with E-state index in [1.54, 1.807) is 35.2 Å². The van der Waals surface area contributed by atoms with Crippen LogP contribution in [0.2, 0.25) is 0 Å². The van der Waals surface area contributed by atoms with Gasteiger partial charge in [-0.2, -0.15) is 5.10 Å². The lowest BCUT2D eigenvalue weighted by Crippen LogP contribution is -2.30. The van der Waals surface area contributed by atoms with Gasteiger partial charge in [-0.25, -0.2) is 4.39 Å². The lowest BCUT2D eigenvalue weighted by Gasteiger charge is -1.91.